The predicted molar refractivity (Wildman–Crippen MR) is 98.1 cm³/mol. The van der Waals surface area contributed by atoms with E-state index in [-0.39, 0.29) is 11.8 Å². The van der Waals surface area contributed by atoms with E-state index in [9.17, 15) is 9.59 Å². The Morgan fingerprint density at radius 3 is 2.56 bits per heavy atom. The first-order chi connectivity index (χ1) is 12.2. The number of para-hydroxylation sites is 1. The molecule has 0 aliphatic carbocycles. The van der Waals surface area contributed by atoms with E-state index in [1.807, 2.05) is 51.6 Å². The third-order valence-corrected chi connectivity index (χ3v) is 5.26. The van der Waals surface area contributed by atoms with Crippen molar-refractivity contribution in [2.45, 2.75) is 12.8 Å². The fourth-order valence-electron chi connectivity index (χ4n) is 3.05. The molecule has 132 valence electrons. The molecule has 0 N–H and O–H groups in total. The molecule has 5 nitrogen and oxygen atoms in total. The van der Waals surface area contributed by atoms with Crippen molar-refractivity contribution >= 4 is 23.2 Å². The van der Waals surface area contributed by atoms with Gasteiger partial charge in [0.25, 0.3) is 5.91 Å². The second kappa shape index (κ2) is 8.16. The first kappa shape index (κ1) is 17.5. The molecule has 1 aromatic carbocycles. The number of methoxy groups -OCH3 is 1. The topological polar surface area (TPSA) is 49.9 Å². The lowest BCUT2D eigenvalue weighted by Crippen LogP contribution is -2.37. The summed E-state index contributed by atoms with van der Waals surface area (Å²) in [6.07, 6.45) is 1.12. The minimum absolute atomic E-state index is 0.0639. The van der Waals surface area contributed by atoms with Crippen molar-refractivity contribution in [1.29, 1.82) is 0 Å². The van der Waals surface area contributed by atoms with Gasteiger partial charge in [-0.05, 0) is 23.9 Å². The van der Waals surface area contributed by atoms with E-state index in [2.05, 4.69) is 0 Å². The van der Waals surface area contributed by atoms with Crippen molar-refractivity contribution < 1.29 is 14.3 Å². The van der Waals surface area contributed by atoms with Crippen LogP contribution < -0.4 is 4.74 Å². The molecular weight excluding hydrogens is 336 g/mol. The summed E-state index contributed by atoms with van der Waals surface area (Å²) in [6, 6.07) is 11.3. The summed E-state index contributed by atoms with van der Waals surface area (Å²) in [5, 5.41) is 1.91. The number of carbonyl (C=O) groups excluding carboxylic acids is 2. The van der Waals surface area contributed by atoms with Crippen LogP contribution in [0, 0.1) is 0 Å². The van der Waals surface area contributed by atoms with E-state index in [0.29, 0.717) is 32.6 Å². The molecule has 2 heterocycles. The Morgan fingerprint density at radius 1 is 1.04 bits per heavy atom. The Labute approximate surface area is 151 Å². The van der Waals surface area contributed by atoms with Crippen LogP contribution in [-0.2, 0) is 11.2 Å². The van der Waals surface area contributed by atoms with E-state index in [1.165, 1.54) is 11.3 Å². The third-order valence-electron chi connectivity index (χ3n) is 4.40. The highest BCUT2D eigenvalue weighted by Crippen LogP contribution is 2.19. The summed E-state index contributed by atoms with van der Waals surface area (Å²) in [6.45, 7) is 2.52. The first-order valence-electron chi connectivity index (χ1n) is 8.41. The molecule has 0 atom stereocenters. The van der Waals surface area contributed by atoms with Gasteiger partial charge < -0.3 is 14.5 Å². The summed E-state index contributed by atoms with van der Waals surface area (Å²) >= 11 is 1.46. The number of nitrogens with zero attached hydrogens (tertiary/aromatic N) is 2. The average molecular weight is 358 g/mol. The average Bonchev–Trinajstić information content (AvgIpc) is 3.06. The highest BCUT2D eigenvalue weighted by atomic mass is 32.1. The first-order valence-corrected chi connectivity index (χ1v) is 9.29. The summed E-state index contributed by atoms with van der Waals surface area (Å²) in [5.41, 5.74) is 0.894. The molecule has 1 aromatic heterocycles. The van der Waals surface area contributed by atoms with Crippen molar-refractivity contribution in [3.05, 3.63) is 52.2 Å². The molecule has 2 aromatic rings. The molecule has 0 bridgehead atoms. The van der Waals surface area contributed by atoms with Gasteiger partial charge in [-0.25, -0.2) is 0 Å². The number of hydrogen-bond acceptors (Lipinski definition) is 4. The molecule has 1 aliphatic heterocycles. The van der Waals surface area contributed by atoms with Gasteiger partial charge in [0.05, 0.1) is 18.4 Å². The van der Waals surface area contributed by atoms with Crippen LogP contribution in [0.4, 0.5) is 0 Å². The third kappa shape index (κ3) is 4.20. The van der Waals surface area contributed by atoms with Gasteiger partial charge in [0.15, 0.2) is 0 Å². The zero-order chi connectivity index (χ0) is 17.6. The van der Waals surface area contributed by atoms with Crippen molar-refractivity contribution in [3.8, 4) is 5.75 Å². The van der Waals surface area contributed by atoms with Crippen molar-refractivity contribution in [2.24, 2.45) is 0 Å². The predicted octanol–water partition coefficient (Wildman–Crippen LogP) is 2.67. The van der Waals surface area contributed by atoms with Gasteiger partial charge in [0.1, 0.15) is 5.75 Å². The number of amides is 2. The van der Waals surface area contributed by atoms with E-state index in [1.54, 1.807) is 7.11 Å². The number of carbonyl (C=O) groups is 2. The Balaban J connectivity index is 1.61. The second-order valence-corrected chi connectivity index (χ2v) is 6.94. The number of ether oxygens (including phenoxy) is 1. The van der Waals surface area contributed by atoms with Crippen LogP contribution >= 0.6 is 11.3 Å². The van der Waals surface area contributed by atoms with E-state index >= 15 is 0 Å². The zero-order valence-corrected chi connectivity index (χ0v) is 15.1. The summed E-state index contributed by atoms with van der Waals surface area (Å²) in [7, 11) is 1.61. The van der Waals surface area contributed by atoms with Crippen LogP contribution in [-0.4, -0.2) is 54.9 Å². The molecular formula is C19H22N2O3S. The van der Waals surface area contributed by atoms with Gasteiger partial charge in [0, 0.05) is 31.7 Å². The molecule has 3 rings (SSSR count). The van der Waals surface area contributed by atoms with Gasteiger partial charge in [-0.3, -0.25) is 9.59 Å². The molecule has 1 fully saturated rings. The van der Waals surface area contributed by atoms with Crippen LogP contribution in [0.1, 0.15) is 21.7 Å². The normalized spacial score (nSPS) is 14.9. The molecule has 1 saturated heterocycles. The summed E-state index contributed by atoms with van der Waals surface area (Å²) < 4.78 is 5.33. The van der Waals surface area contributed by atoms with Gasteiger partial charge in [-0.15, -0.1) is 11.3 Å². The molecule has 0 spiro atoms. The second-order valence-electron chi connectivity index (χ2n) is 5.99. The highest BCUT2D eigenvalue weighted by Gasteiger charge is 2.23. The highest BCUT2D eigenvalue weighted by molar-refractivity contribution is 7.12. The maximum atomic E-state index is 12.7. The van der Waals surface area contributed by atoms with Crippen molar-refractivity contribution in [1.82, 2.24) is 9.80 Å². The number of hydrogen-bond donors (Lipinski definition) is 0. The summed E-state index contributed by atoms with van der Waals surface area (Å²) in [4.78, 5) is 29.6. The Morgan fingerprint density at radius 2 is 1.80 bits per heavy atom. The lowest BCUT2D eigenvalue weighted by atomic mass is 10.1. The lowest BCUT2D eigenvalue weighted by molar-refractivity contribution is -0.130. The van der Waals surface area contributed by atoms with Gasteiger partial charge in [-0.2, -0.15) is 0 Å². The van der Waals surface area contributed by atoms with Gasteiger partial charge in [0.2, 0.25) is 5.91 Å². The van der Waals surface area contributed by atoms with E-state index < -0.39 is 0 Å². The van der Waals surface area contributed by atoms with Gasteiger partial charge in [-0.1, -0.05) is 24.3 Å². The van der Waals surface area contributed by atoms with Crippen LogP contribution in [0.15, 0.2) is 41.8 Å². The maximum absolute atomic E-state index is 12.7. The van der Waals surface area contributed by atoms with Crippen LogP contribution in [0.25, 0.3) is 0 Å². The number of thiophene rings is 1. The smallest absolute Gasteiger partial charge is 0.263 e. The molecule has 25 heavy (non-hydrogen) atoms. The number of benzene rings is 1. The molecule has 6 heteroatoms. The molecule has 0 saturated carbocycles. The largest absolute Gasteiger partial charge is 0.496 e. The van der Waals surface area contributed by atoms with Crippen molar-refractivity contribution in [3.63, 3.8) is 0 Å². The van der Waals surface area contributed by atoms with Crippen LogP contribution in [0.2, 0.25) is 0 Å². The summed E-state index contributed by atoms with van der Waals surface area (Å²) in [5.74, 6) is 0.879. The Bertz CT molecular complexity index is 730. The fraction of sp³-hybridized carbons (Fsp3) is 0.368. The zero-order valence-electron chi connectivity index (χ0n) is 14.3. The van der Waals surface area contributed by atoms with Gasteiger partial charge >= 0.3 is 0 Å². The quantitative estimate of drug-likeness (QED) is 0.844. The molecule has 2 amide bonds. The standard InChI is InChI=1S/C19H22N2O3S/c1-24-16-7-3-2-6-15(16)14-18(22)20-9-5-10-21(12-11-20)19(23)17-8-4-13-25-17/h2-4,6-8,13H,5,9-12,14H2,1H3. The Kier molecular flexibility index (Phi) is 5.71. The molecule has 1 aliphatic rings. The SMILES string of the molecule is COc1ccccc1CC(=O)N1CCCN(C(=O)c2cccs2)CC1. The Hall–Kier alpha value is -2.34. The fourth-order valence-corrected chi connectivity index (χ4v) is 3.74. The molecule has 0 radical (unpaired) electrons. The monoisotopic (exact) mass is 358 g/mol. The van der Waals surface area contributed by atoms with E-state index in [0.717, 1.165) is 22.6 Å². The molecule has 0 unspecified atom stereocenters. The minimum Gasteiger partial charge on any atom is -0.496 e. The lowest BCUT2D eigenvalue weighted by Gasteiger charge is -2.22. The van der Waals surface area contributed by atoms with Crippen LogP contribution in [0.3, 0.4) is 0 Å². The van der Waals surface area contributed by atoms with E-state index in [4.69, 9.17) is 4.74 Å². The number of rotatable bonds is 4. The van der Waals surface area contributed by atoms with Crippen molar-refractivity contribution in [2.75, 3.05) is 33.3 Å². The van der Waals surface area contributed by atoms with Crippen LogP contribution in [0.5, 0.6) is 5.75 Å². The maximum Gasteiger partial charge on any atom is 0.263 e. The minimum atomic E-state index is 0.0639.